The van der Waals surface area contributed by atoms with Crippen LogP contribution in [0.1, 0.15) is 44.6 Å². The summed E-state index contributed by atoms with van der Waals surface area (Å²) in [7, 11) is 0. The SMILES string of the molecule is CC1CCCC(Nc2ccc(N)cc2C#N)CC1. The van der Waals surface area contributed by atoms with Gasteiger partial charge in [0.2, 0.25) is 0 Å². The highest BCUT2D eigenvalue weighted by Crippen LogP contribution is 2.26. The number of nitrogens with zero attached hydrogens (tertiary/aromatic N) is 1. The normalized spacial score (nSPS) is 24.0. The fourth-order valence-electron chi connectivity index (χ4n) is 2.63. The predicted octanol–water partition coefficient (Wildman–Crippen LogP) is 3.52. The monoisotopic (exact) mass is 243 g/mol. The molecule has 1 saturated carbocycles. The smallest absolute Gasteiger partial charge is 0.101 e. The van der Waals surface area contributed by atoms with E-state index in [-0.39, 0.29) is 0 Å². The van der Waals surface area contributed by atoms with Crippen LogP contribution in [0.4, 0.5) is 11.4 Å². The Hall–Kier alpha value is -1.69. The van der Waals surface area contributed by atoms with E-state index in [1.54, 1.807) is 6.07 Å². The van der Waals surface area contributed by atoms with Crippen LogP contribution in [-0.4, -0.2) is 6.04 Å². The van der Waals surface area contributed by atoms with Gasteiger partial charge in [0.15, 0.2) is 0 Å². The van der Waals surface area contributed by atoms with Crippen LogP contribution in [-0.2, 0) is 0 Å². The third kappa shape index (κ3) is 3.16. The van der Waals surface area contributed by atoms with Crippen molar-refractivity contribution < 1.29 is 0 Å². The summed E-state index contributed by atoms with van der Waals surface area (Å²) in [5.74, 6) is 0.832. The summed E-state index contributed by atoms with van der Waals surface area (Å²) in [5.41, 5.74) is 7.91. The number of nitriles is 1. The van der Waals surface area contributed by atoms with Crippen molar-refractivity contribution in [1.29, 1.82) is 5.26 Å². The molecule has 0 aromatic heterocycles. The number of rotatable bonds is 2. The van der Waals surface area contributed by atoms with E-state index in [2.05, 4.69) is 18.3 Å². The van der Waals surface area contributed by atoms with E-state index in [4.69, 9.17) is 11.0 Å². The molecule has 0 spiro atoms. The molecule has 0 aliphatic heterocycles. The molecule has 0 heterocycles. The molecule has 2 atom stereocenters. The number of nitrogens with one attached hydrogen (secondary N) is 1. The summed E-state index contributed by atoms with van der Waals surface area (Å²) >= 11 is 0. The van der Waals surface area contributed by atoms with Crippen LogP contribution < -0.4 is 11.1 Å². The first-order valence-electron chi connectivity index (χ1n) is 6.75. The molecule has 96 valence electrons. The molecular formula is C15H21N3. The Balaban J connectivity index is 2.07. The second-order valence-electron chi connectivity index (χ2n) is 5.37. The Kier molecular flexibility index (Phi) is 4.09. The average Bonchev–Trinajstić information content (AvgIpc) is 2.56. The lowest BCUT2D eigenvalue weighted by Crippen LogP contribution is -2.19. The third-order valence-corrected chi connectivity index (χ3v) is 3.78. The van der Waals surface area contributed by atoms with Crippen molar-refractivity contribution in [2.75, 3.05) is 11.1 Å². The molecule has 0 bridgehead atoms. The molecule has 2 unspecified atom stereocenters. The van der Waals surface area contributed by atoms with Crippen molar-refractivity contribution in [1.82, 2.24) is 0 Å². The Morgan fingerprint density at radius 1 is 1.28 bits per heavy atom. The van der Waals surface area contributed by atoms with Gasteiger partial charge in [0.25, 0.3) is 0 Å². The van der Waals surface area contributed by atoms with Crippen molar-refractivity contribution in [3.8, 4) is 6.07 Å². The molecule has 3 heteroatoms. The van der Waals surface area contributed by atoms with E-state index in [0.717, 1.165) is 11.6 Å². The van der Waals surface area contributed by atoms with Gasteiger partial charge in [0.1, 0.15) is 6.07 Å². The first-order valence-corrected chi connectivity index (χ1v) is 6.75. The molecule has 3 nitrogen and oxygen atoms in total. The van der Waals surface area contributed by atoms with Gasteiger partial charge in [-0.2, -0.15) is 5.26 Å². The van der Waals surface area contributed by atoms with Crippen molar-refractivity contribution in [2.45, 2.75) is 45.1 Å². The Morgan fingerprint density at radius 3 is 2.89 bits per heavy atom. The van der Waals surface area contributed by atoms with Crippen LogP contribution in [0.15, 0.2) is 18.2 Å². The highest BCUT2D eigenvalue weighted by molar-refractivity contribution is 5.63. The number of hydrogen-bond donors (Lipinski definition) is 2. The first kappa shape index (κ1) is 12.8. The summed E-state index contributed by atoms with van der Waals surface area (Å²) in [6.45, 7) is 2.33. The summed E-state index contributed by atoms with van der Waals surface area (Å²) in [4.78, 5) is 0. The quantitative estimate of drug-likeness (QED) is 0.617. The zero-order valence-electron chi connectivity index (χ0n) is 10.9. The van der Waals surface area contributed by atoms with E-state index < -0.39 is 0 Å². The Bertz CT molecular complexity index is 448. The number of hydrogen-bond acceptors (Lipinski definition) is 3. The van der Waals surface area contributed by atoms with Gasteiger partial charge in [-0.15, -0.1) is 0 Å². The van der Waals surface area contributed by atoms with Crippen molar-refractivity contribution in [3.05, 3.63) is 23.8 Å². The molecule has 1 aliphatic rings. The standard InChI is InChI=1S/C15H21N3/c1-11-3-2-4-14(7-5-11)18-15-8-6-13(17)9-12(15)10-16/h6,8-9,11,14,18H,2-5,7,17H2,1H3. The maximum absolute atomic E-state index is 9.12. The van der Waals surface area contributed by atoms with Gasteiger partial charge in [-0.05, 0) is 43.4 Å². The van der Waals surface area contributed by atoms with Crippen molar-refractivity contribution >= 4 is 11.4 Å². The number of nitrogen functional groups attached to an aromatic ring is 1. The number of benzene rings is 1. The molecule has 18 heavy (non-hydrogen) atoms. The van der Waals surface area contributed by atoms with Crippen LogP contribution >= 0.6 is 0 Å². The first-order chi connectivity index (χ1) is 8.69. The highest BCUT2D eigenvalue weighted by atomic mass is 14.9. The second-order valence-corrected chi connectivity index (χ2v) is 5.37. The van der Waals surface area contributed by atoms with Gasteiger partial charge >= 0.3 is 0 Å². The zero-order valence-corrected chi connectivity index (χ0v) is 10.9. The number of anilines is 2. The third-order valence-electron chi connectivity index (χ3n) is 3.78. The minimum Gasteiger partial charge on any atom is -0.399 e. The lowest BCUT2D eigenvalue weighted by molar-refractivity contribution is 0.502. The molecule has 1 aromatic carbocycles. The molecule has 1 aromatic rings. The molecule has 0 saturated heterocycles. The van der Waals surface area contributed by atoms with Crippen LogP contribution in [0.25, 0.3) is 0 Å². The summed E-state index contributed by atoms with van der Waals surface area (Å²) in [6, 6.07) is 8.21. The summed E-state index contributed by atoms with van der Waals surface area (Å²) in [5, 5.41) is 12.6. The van der Waals surface area contributed by atoms with Crippen LogP contribution in [0.3, 0.4) is 0 Å². The minimum absolute atomic E-state index is 0.491. The molecule has 0 amide bonds. The molecule has 2 rings (SSSR count). The van der Waals surface area contributed by atoms with Gasteiger partial charge < -0.3 is 11.1 Å². The van der Waals surface area contributed by atoms with Gasteiger partial charge in [-0.1, -0.05) is 19.8 Å². The summed E-state index contributed by atoms with van der Waals surface area (Å²) < 4.78 is 0. The molecular weight excluding hydrogens is 222 g/mol. The van der Waals surface area contributed by atoms with Crippen molar-refractivity contribution in [3.63, 3.8) is 0 Å². The topological polar surface area (TPSA) is 61.8 Å². The summed E-state index contributed by atoms with van der Waals surface area (Å²) in [6.07, 6.45) is 6.26. The van der Waals surface area contributed by atoms with E-state index in [1.807, 2.05) is 12.1 Å². The maximum atomic E-state index is 9.12. The molecule has 1 aliphatic carbocycles. The van der Waals surface area contributed by atoms with Crippen molar-refractivity contribution in [2.24, 2.45) is 5.92 Å². The largest absolute Gasteiger partial charge is 0.399 e. The van der Waals surface area contributed by atoms with Crippen LogP contribution in [0.2, 0.25) is 0 Å². The van der Waals surface area contributed by atoms with E-state index >= 15 is 0 Å². The van der Waals surface area contributed by atoms with E-state index in [1.165, 1.54) is 32.1 Å². The number of nitrogens with two attached hydrogens (primary N) is 1. The fraction of sp³-hybridized carbons (Fsp3) is 0.533. The molecule has 3 N–H and O–H groups in total. The second kappa shape index (κ2) is 5.77. The van der Waals surface area contributed by atoms with Gasteiger partial charge in [0.05, 0.1) is 11.3 Å². The minimum atomic E-state index is 0.491. The van der Waals surface area contributed by atoms with Gasteiger partial charge in [-0.3, -0.25) is 0 Å². The fourth-order valence-corrected chi connectivity index (χ4v) is 2.63. The lowest BCUT2D eigenvalue weighted by Gasteiger charge is -2.18. The Morgan fingerprint density at radius 2 is 2.11 bits per heavy atom. The zero-order chi connectivity index (χ0) is 13.0. The lowest BCUT2D eigenvalue weighted by atomic mass is 10.0. The molecule has 1 fully saturated rings. The predicted molar refractivity (Wildman–Crippen MR) is 75.2 cm³/mol. The van der Waals surface area contributed by atoms with E-state index in [0.29, 0.717) is 17.3 Å². The van der Waals surface area contributed by atoms with Crippen LogP contribution in [0.5, 0.6) is 0 Å². The van der Waals surface area contributed by atoms with Crippen LogP contribution in [0, 0.1) is 17.2 Å². The van der Waals surface area contributed by atoms with Gasteiger partial charge in [0, 0.05) is 11.7 Å². The highest BCUT2D eigenvalue weighted by Gasteiger charge is 2.16. The maximum Gasteiger partial charge on any atom is 0.101 e. The Labute approximate surface area is 109 Å². The van der Waals surface area contributed by atoms with Gasteiger partial charge in [-0.25, -0.2) is 0 Å². The average molecular weight is 243 g/mol. The van der Waals surface area contributed by atoms with E-state index in [9.17, 15) is 0 Å². The molecule has 0 radical (unpaired) electrons.